The summed E-state index contributed by atoms with van der Waals surface area (Å²) in [6.45, 7) is 1.50. The lowest BCUT2D eigenvalue weighted by Crippen LogP contribution is -3.00. The fourth-order valence-corrected chi connectivity index (χ4v) is 3.80. The normalized spacial score (nSPS) is 15.8. The monoisotopic (exact) mass is 471 g/mol. The van der Waals surface area contributed by atoms with E-state index in [0.29, 0.717) is 24.0 Å². The van der Waals surface area contributed by atoms with Crippen molar-refractivity contribution in [2.75, 3.05) is 13.1 Å². The molecular formula is C20H20ClF6NO3. The zero-order valence-corrected chi connectivity index (χ0v) is 16.8. The molecule has 11 heteroatoms. The third kappa shape index (κ3) is 6.41. The van der Waals surface area contributed by atoms with Crippen LogP contribution in [0.5, 0.6) is 11.5 Å². The predicted octanol–water partition coefficient (Wildman–Crippen LogP) is 0.697. The van der Waals surface area contributed by atoms with Gasteiger partial charge in [-0.05, 0) is 35.4 Å². The number of rotatable bonds is 5. The second-order valence-electron chi connectivity index (χ2n) is 7.05. The number of benzene rings is 2. The number of piperidine rings is 1. The molecular weight excluding hydrogens is 452 g/mol. The van der Waals surface area contributed by atoms with Crippen molar-refractivity contribution in [3.8, 4) is 11.5 Å². The van der Waals surface area contributed by atoms with Crippen molar-refractivity contribution >= 4 is 0 Å². The molecule has 1 fully saturated rings. The van der Waals surface area contributed by atoms with Crippen LogP contribution in [0.4, 0.5) is 26.3 Å². The van der Waals surface area contributed by atoms with E-state index in [-0.39, 0.29) is 18.3 Å². The first-order valence-electron chi connectivity index (χ1n) is 9.24. The van der Waals surface area contributed by atoms with Gasteiger partial charge < -0.3 is 32.3 Å². The number of hydrogen-bond acceptors (Lipinski definition) is 3. The topological polar surface area (TPSA) is 55.3 Å². The maximum Gasteiger partial charge on any atom is 0.573 e. The van der Waals surface area contributed by atoms with E-state index in [2.05, 4.69) is 14.8 Å². The van der Waals surface area contributed by atoms with Crippen LogP contribution in [0.25, 0.3) is 0 Å². The Morgan fingerprint density at radius 3 is 1.39 bits per heavy atom. The van der Waals surface area contributed by atoms with Gasteiger partial charge in [0.15, 0.2) is 0 Å². The van der Waals surface area contributed by atoms with Crippen LogP contribution in [0.3, 0.4) is 0 Å². The Bertz CT molecular complexity index is 774. The molecule has 31 heavy (non-hydrogen) atoms. The van der Waals surface area contributed by atoms with Gasteiger partial charge in [-0.25, -0.2) is 0 Å². The van der Waals surface area contributed by atoms with E-state index in [1.165, 1.54) is 24.3 Å². The molecule has 3 rings (SSSR count). The minimum atomic E-state index is -4.84. The van der Waals surface area contributed by atoms with E-state index in [1.807, 2.05) is 0 Å². The van der Waals surface area contributed by atoms with Crippen molar-refractivity contribution in [2.24, 2.45) is 5.92 Å². The number of quaternary nitrogens is 1. The summed E-state index contributed by atoms with van der Waals surface area (Å²) in [6, 6.07) is 9.74. The van der Waals surface area contributed by atoms with Crippen LogP contribution in [-0.4, -0.2) is 30.9 Å². The first kappa shape index (κ1) is 25.1. The minimum absolute atomic E-state index is 0. The lowest BCUT2D eigenvalue weighted by molar-refractivity contribution is -0.666. The van der Waals surface area contributed by atoms with Crippen LogP contribution >= 0.6 is 0 Å². The van der Waals surface area contributed by atoms with Gasteiger partial charge in [0.2, 0.25) is 0 Å². The molecule has 0 radical (unpaired) electrons. The fourth-order valence-electron chi connectivity index (χ4n) is 3.80. The van der Waals surface area contributed by atoms with Gasteiger partial charge in [-0.3, -0.25) is 0 Å². The average Bonchev–Trinajstić information content (AvgIpc) is 2.67. The van der Waals surface area contributed by atoms with Crippen LogP contribution in [0.2, 0.25) is 0 Å². The van der Waals surface area contributed by atoms with Gasteiger partial charge >= 0.3 is 12.7 Å². The molecule has 172 valence electrons. The van der Waals surface area contributed by atoms with E-state index in [4.69, 9.17) is 0 Å². The summed E-state index contributed by atoms with van der Waals surface area (Å²) in [4.78, 5) is 0. The van der Waals surface area contributed by atoms with Crippen LogP contribution in [0.15, 0.2) is 48.5 Å². The first-order chi connectivity index (χ1) is 14.0. The van der Waals surface area contributed by atoms with Crippen molar-refractivity contribution in [1.82, 2.24) is 0 Å². The molecule has 4 nitrogen and oxygen atoms in total. The lowest BCUT2D eigenvalue weighted by atomic mass is 9.72. The number of hydrogen-bond donors (Lipinski definition) is 2. The molecule has 0 amide bonds. The molecule has 1 heterocycles. The van der Waals surface area contributed by atoms with Gasteiger partial charge in [0.1, 0.15) is 17.1 Å². The molecule has 1 saturated heterocycles. The Morgan fingerprint density at radius 2 is 1.06 bits per heavy atom. The van der Waals surface area contributed by atoms with Gasteiger partial charge in [0.05, 0.1) is 13.1 Å². The average molecular weight is 472 g/mol. The quantitative estimate of drug-likeness (QED) is 0.631. The predicted molar refractivity (Wildman–Crippen MR) is 93.6 cm³/mol. The summed E-state index contributed by atoms with van der Waals surface area (Å²) in [5, 5.41) is 13.8. The second kappa shape index (κ2) is 9.54. The molecule has 1 aliphatic heterocycles. The van der Waals surface area contributed by atoms with Gasteiger partial charge in [-0.15, -0.1) is 26.3 Å². The molecule has 0 atom stereocenters. The maximum absolute atomic E-state index is 12.4. The smallest absolute Gasteiger partial charge is 0.573 e. The Labute approximate surface area is 180 Å². The SMILES string of the molecule is OC(c1ccc(OC(F)(F)F)cc1)(c1ccc(OC(F)(F)F)cc1)C1CC[NH2+]CC1.[Cl-]. The zero-order valence-electron chi connectivity index (χ0n) is 16.0. The molecule has 0 spiro atoms. The van der Waals surface area contributed by atoms with Gasteiger partial charge in [-0.2, -0.15) is 0 Å². The number of nitrogens with two attached hydrogens (primary N) is 1. The summed E-state index contributed by atoms with van der Waals surface area (Å²) in [7, 11) is 0. The van der Waals surface area contributed by atoms with Crippen molar-refractivity contribution in [3.63, 3.8) is 0 Å². The standard InChI is InChI=1S/C20H19F6NO3.ClH/c21-19(22,23)29-16-5-1-13(2-6-16)18(28,15-9-11-27-12-10-15)14-3-7-17(8-4-14)30-20(24,25)26;/h1-8,15,27-28H,9-12H2;1H. The summed E-state index contributed by atoms with van der Waals surface area (Å²) in [5.74, 6) is -1.13. The van der Waals surface area contributed by atoms with Crippen molar-refractivity contribution in [3.05, 3.63) is 59.7 Å². The molecule has 0 bridgehead atoms. The number of aliphatic hydroxyl groups is 1. The van der Waals surface area contributed by atoms with Crippen LogP contribution in [0, 0.1) is 5.92 Å². The van der Waals surface area contributed by atoms with Crippen LogP contribution in [-0.2, 0) is 5.60 Å². The highest BCUT2D eigenvalue weighted by Crippen LogP contribution is 2.42. The number of halogens is 7. The second-order valence-corrected chi connectivity index (χ2v) is 7.05. The van der Waals surface area contributed by atoms with E-state index < -0.39 is 29.8 Å². The molecule has 2 aromatic rings. The van der Waals surface area contributed by atoms with Crippen LogP contribution < -0.4 is 27.2 Å². The van der Waals surface area contributed by atoms with E-state index in [0.717, 1.165) is 37.4 Å². The molecule has 0 saturated carbocycles. The molecule has 2 aromatic carbocycles. The fraction of sp³-hybridized carbons (Fsp3) is 0.400. The Morgan fingerprint density at radius 1 is 0.710 bits per heavy atom. The molecule has 3 N–H and O–H groups in total. The maximum atomic E-state index is 12.4. The zero-order chi connectivity index (χ0) is 22.0. The Hall–Kier alpha value is -2.17. The van der Waals surface area contributed by atoms with E-state index in [1.54, 1.807) is 0 Å². The highest BCUT2D eigenvalue weighted by molar-refractivity contribution is 5.41. The molecule has 1 aliphatic rings. The Kier molecular flexibility index (Phi) is 7.72. The van der Waals surface area contributed by atoms with Gasteiger partial charge in [0.25, 0.3) is 0 Å². The van der Waals surface area contributed by atoms with Gasteiger partial charge in [0, 0.05) is 18.8 Å². The van der Waals surface area contributed by atoms with Crippen molar-refractivity contribution in [1.29, 1.82) is 0 Å². The minimum Gasteiger partial charge on any atom is -1.00 e. The third-order valence-electron chi connectivity index (χ3n) is 5.09. The van der Waals surface area contributed by atoms with Crippen LogP contribution in [0.1, 0.15) is 24.0 Å². The van der Waals surface area contributed by atoms with E-state index in [9.17, 15) is 31.4 Å². The largest absolute Gasteiger partial charge is 1.00 e. The highest BCUT2D eigenvalue weighted by atomic mass is 35.5. The lowest BCUT2D eigenvalue weighted by Gasteiger charge is -2.38. The number of ether oxygens (including phenoxy) is 2. The summed E-state index contributed by atoms with van der Waals surface area (Å²) in [5.41, 5.74) is -0.941. The molecule has 0 aliphatic carbocycles. The number of alkyl halides is 6. The highest BCUT2D eigenvalue weighted by Gasteiger charge is 2.42. The summed E-state index contributed by atoms with van der Waals surface area (Å²) >= 11 is 0. The summed E-state index contributed by atoms with van der Waals surface area (Å²) in [6.07, 6.45) is -8.44. The molecule has 0 unspecified atom stereocenters. The Balaban J connectivity index is 0.00000341. The summed E-state index contributed by atoms with van der Waals surface area (Å²) < 4.78 is 82.3. The third-order valence-corrected chi connectivity index (χ3v) is 5.09. The van der Waals surface area contributed by atoms with E-state index >= 15 is 0 Å². The van der Waals surface area contributed by atoms with Gasteiger partial charge in [-0.1, -0.05) is 24.3 Å². The molecule has 0 aromatic heterocycles. The first-order valence-corrected chi connectivity index (χ1v) is 9.24. The van der Waals surface area contributed by atoms with Crippen molar-refractivity contribution < 1.29 is 58.6 Å². The van der Waals surface area contributed by atoms with Crippen molar-refractivity contribution in [2.45, 2.75) is 31.2 Å².